The molecule has 2 aliphatic heterocycles. The molecule has 2 aliphatic rings. The number of hydrogen-bond acceptors (Lipinski definition) is 6. The van der Waals surface area contributed by atoms with Gasteiger partial charge in [-0.1, -0.05) is 6.07 Å². The summed E-state index contributed by atoms with van der Waals surface area (Å²) >= 11 is 0. The zero-order valence-electron chi connectivity index (χ0n) is 12.7. The van der Waals surface area contributed by atoms with Gasteiger partial charge in [-0.05, 0) is 23.8 Å². The molecule has 1 aromatic carbocycles. The summed E-state index contributed by atoms with van der Waals surface area (Å²) < 4.78 is 6.00. The highest BCUT2D eigenvalue weighted by molar-refractivity contribution is 5.74. The first-order valence-electron chi connectivity index (χ1n) is 7.83. The van der Waals surface area contributed by atoms with Crippen molar-refractivity contribution in [2.24, 2.45) is 0 Å². The Morgan fingerprint density at radius 1 is 1.17 bits per heavy atom. The summed E-state index contributed by atoms with van der Waals surface area (Å²) in [6.07, 6.45) is 7.76. The maximum atomic E-state index is 6.00. The fourth-order valence-electron chi connectivity index (χ4n) is 2.58. The molecule has 1 saturated heterocycles. The van der Waals surface area contributed by atoms with Crippen LogP contribution in [0.15, 0.2) is 54.3 Å². The Labute approximate surface area is 134 Å². The molecule has 0 aliphatic carbocycles. The van der Waals surface area contributed by atoms with Crippen LogP contribution in [0.2, 0.25) is 0 Å². The first kappa shape index (κ1) is 14.0. The highest BCUT2D eigenvalue weighted by Gasteiger charge is 2.21. The summed E-state index contributed by atoms with van der Waals surface area (Å²) in [5.41, 5.74) is 3.97. The number of aromatic nitrogens is 2. The van der Waals surface area contributed by atoms with Gasteiger partial charge in [0.2, 0.25) is 0 Å². The molecule has 1 aromatic heterocycles. The third-order valence-corrected chi connectivity index (χ3v) is 3.97. The van der Waals surface area contributed by atoms with Crippen molar-refractivity contribution in [2.45, 2.75) is 12.6 Å². The Morgan fingerprint density at radius 2 is 2.04 bits per heavy atom. The second-order valence-corrected chi connectivity index (χ2v) is 5.67. The summed E-state index contributed by atoms with van der Waals surface area (Å²) in [4.78, 5) is 8.64. The third-order valence-electron chi connectivity index (χ3n) is 3.97. The largest absolute Gasteiger partial charge is 0.486 e. The molecule has 4 rings (SSSR count). The Bertz CT molecular complexity index is 766. The van der Waals surface area contributed by atoms with E-state index in [0.717, 1.165) is 47.7 Å². The summed E-state index contributed by atoms with van der Waals surface area (Å²) in [5.74, 6) is 0.927. The predicted octanol–water partition coefficient (Wildman–Crippen LogP) is 1.04. The molecule has 0 unspecified atom stereocenters. The molecule has 0 amide bonds. The SMILES string of the molecule is C1=C(NCc2ccc3nccnc3c2)C(OC2CNC2)=CCN1. The molecule has 3 heterocycles. The van der Waals surface area contributed by atoms with Gasteiger partial charge >= 0.3 is 0 Å². The van der Waals surface area contributed by atoms with Gasteiger partial charge in [-0.2, -0.15) is 0 Å². The molecule has 6 nitrogen and oxygen atoms in total. The topological polar surface area (TPSA) is 71.1 Å². The van der Waals surface area contributed by atoms with Gasteiger partial charge in [-0.25, -0.2) is 0 Å². The number of rotatable bonds is 5. The summed E-state index contributed by atoms with van der Waals surface area (Å²) in [5, 5.41) is 9.88. The van der Waals surface area contributed by atoms with Crippen LogP contribution >= 0.6 is 0 Å². The molecule has 0 radical (unpaired) electrons. The molecule has 0 atom stereocenters. The van der Waals surface area contributed by atoms with Crippen LogP contribution in [0, 0.1) is 0 Å². The van der Waals surface area contributed by atoms with E-state index in [2.05, 4.69) is 44.1 Å². The zero-order chi connectivity index (χ0) is 15.5. The molecular formula is C17H19N5O. The lowest BCUT2D eigenvalue weighted by Crippen LogP contribution is -2.48. The van der Waals surface area contributed by atoms with Crippen LogP contribution in [0.5, 0.6) is 0 Å². The van der Waals surface area contributed by atoms with Crippen molar-refractivity contribution >= 4 is 11.0 Å². The molecule has 1 fully saturated rings. The number of hydrogen-bond donors (Lipinski definition) is 3. The normalized spacial score (nSPS) is 17.7. The second kappa shape index (κ2) is 6.26. The lowest BCUT2D eigenvalue weighted by Gasteiger charge is -2.31. The fraction of sp³-hybridized carbons (Fsp3) is 0.294. The smallest absolute Gasteiger partial charge is 0.142 e. The molecular weight excluding hydrogens is 290 g/mol. The minimum atomic E-state index is 0.278. The van der Waals surface area contributed by atoms with Crippen molar-refractivity contribution in [2.75, 3.05) is 19.6 Å². The molecule has 118 valence electrons. The minimum absolute atomic E-state index is 0.278. The molecule has 3 N–H and O–H groups in total. The Hall–Kier alpha value is -2.60. The van der Waals surface area contributed by atoms with E-state index in [1.54, 1.807) is 12.4 Å². The van der Waals surface area contributed by atoms with E-state index >= 15 is 0 Å². The maximum absolute atomic E-state index is 6.00. The van der Waals surface area contributed by atoms with Crippen LogP contribution in [0.1, 0.15) is 5.56 Å². The number of fused-ring (bicyclic) bond motifs is 1. The van der Waals surface area contributed by atoms with Crippen LogP contribution < -0.4 is 16.0 Å². The van der Waals surface area contributed by atoms with E-state index in [0.29, 0.717) is 6.54 Å². The average Bonchev–Trinajstić information content (AvgIpc) is 2.57. The maximum Gasteiger partial charge on any atom is 0.142 e. The van der Waals surface area contributed by atoms with E-state index in [4.69, 9.17) is 4.74 Å². The third kappa shape index (κ3) is 3.12. The average molecular weight is 309 g/mol. The molecule has 2 aromatic rings. The van der Waals surface area contributed by atoms with Gasteiger partial charge < -0.3 is 20.7 Å². The lowest BCUT2D eigenvalue weighted by molar-refractivity contribution is 0.0734. The first-order valence-corrected chi connectivity index (χ1v) is 7.83. The summed E-state index contributed by atoms with van der Waals surface area (Å²) in [6.45, 7) is 3.35. The Balaban J connectivity index is 1.43. The van der Waals surface area contributed by atoms with Gasteiger partial charge in [-0.15, -0.1) is 0 Å². The van der Waals surface area contributed by atoms with Crippen molar-refractivity contribution in [1.82, 2.24) is 25.9 Å². The van der Waals surface area contributed by atoms with Crippen LogP contribution in [-0.4, -0.2) is 35.7 Å². The van der Waals surface area contributed by atoms with Crippen molar-refractivity contribution in [3.8, 4) is 0 Å². The van der Waals surface area contributed by atoms with Crippen molar-refractivity contribution in [1.29, 1.82) is 0 Å². The molecule has 0 saturated carbocycles. The molecule has 23 heavy (non-hydrogen) atoms. The highest BCUT2D eigenvalue weighted by Crippen LogP contribution is 2.17. The van der Waals surface area contributed by atoms with Gasteiger partial charge in [-0.3, -0.25) is 9.97 Å². The van der Waals surface area contributed by atoms with Gasteiger partial charge in [0.15, 0.2) is 0 Å². The monoisotopic (exact) mass is 309 g/mol. The number of ether oxygens (including phenoxy) is 1. The van der Waals surface area contributed by atoms with E-state index < -0.39 is 0 Å². The molecule has 0 spiro atoms. The van der Waals surface area contributed by atoms with E-state index in [-0.39, 0.29) is 6.10 Å². The van der Waals surface area contributed by atoms with Gasteiger partial charge in [0.1, 0.15) is 11.9 Å². The zero-order valence-corrected chi connectivity index (χ0v) is 12.7. The van der Waals surface area contributed by atoms with Gasteiger partial charge in [0, 0.05) is 44.8 Å². The van der Waals surface area contributed by atoms with Crippen molar-refractivity contribution in [3.05, 3.63) is 59.9 Å². The fourth-order valence-corrected chi connectivity index (χ4v) is 2.58. The van der Waals surface area contributed by atoms with E-state index in [9.17, 15) is 0 Å². The number of nitrogens with one attached hydrogen (secondary N) is 3. The lowest BCUT2D eigenvalue weighted by atomic mass is 10.1. The Morgan fingerprint density at radius 3 is 2.87 bits per heavy atom. The summed E-state index contributed by atoms with van der Waals surface area (Å²) in [6, 6.07) is 6.13. The molecule has 0 bridgehead atoms. The van der Waals surface area contributed by atoms with Crippen LogP contribution in [0.25, 0.3) is 11.0 Å². The highest BCUT2D eigenvalue weighted by atomic mass is 16.5. The number of benzene rings is 1. The standard InChI is InChI=1S/C17H19N5O/c1-2-14-15(21-6-5-20-14)7-12(1)8-22-16-11-18-4-3-17(16)23-13-9-19-10-13/h1-3,5-7,11,13,18-19,22H,4,8-10H2. The van der Waals surface area contributed by atoms with Crippen molar-refractivity contribution < 1.29 is 4.74 Å². The van der Waals surface area contributed by atoms with E-state index in [1.807, 2.05) is 12.3 Å². The number of nitrogens with zero attached hydrogens (tertiary/aromatic N) is 2. The summed E-state index contributed by atoms with van der Waals surface area (Å²) in [7, 11) is 0. The van der Waals surface area contributed by atoms with Crippen LogP contribution in [0.4, 0.5) is 0 Å². The second-order valence-electron chi connectivity index (χ2n) is 5.67. The predicted molar refractivity (Wildman–Crippen MR) is 88.3 cm³/mol. The van der Waals surface area contributed by atoms with E-state index in [1.165, 1.54) is 0 Å². The van der Waals surface area contributed by atoms with Crippen molar-refractivity contribution in [3.63, 3.8) is 0 Å². The quantitative estimate of drug-likeness (QED) is 0.766. The van der Waals surface area contributed by atoms with Crippen LogP contribution in [0.3, 0.4) is 0 Å². The van der Waals surface area contributed by atoms with Gasteiger partial charge in [0.05, 0.1) is 16.7 Å². The van der Waals surface area contributed by atoms with Gasteiger partial charge in [0.25, 0.3) is 0 Å². The van der Waals surface area contributed by atoms with Crippen LogP contribution in [-0.2, 0) is 11.3 Å². The first-order chi connectivity index (χ1) is 11.4. The molecule has 6 heteroatoms. The number of dihydropyridines is 1. The minimum Gasteiger partial charge on any atom is -0.486 e. The Kier molecular flexibility index (Phi) is 3.81.